The molecule has 1 N–H and O–H groups in total. The molecule has 2 amide bonds. The first kappa shape index (κ1) is 22.7. The van der Waals surface area contributed by atoms with Crippen molar-refractivity contribution in [2.24, 2.45) is 0 Å². The van der Waals surface area contributed by atoms with Crippen LogP contribution in [0.4, 0.5) is 11.4 Å². The number of piperidine rings is 1. The quantitative estimate of drug-likeness (QED) is 0.416. The number of thiophene rings is 1. The van der Waals surface area contributed by atoms with Crippen LogP contribution in [-0.2, 0) is 17.8 Å². The number of hydrogen-bond acceptors (Lipinski definition) is 6. The van der Waals surface area contributed by atoms with Gasteiger partial charge in [0.1, 0.15) is 11.4 Å². The second-order valence-corrected chi connectivity index (χ2v) is 8.88. The minimum atomic E-state index is -0.568. The molecule has 33 heavy (non-hydrogen) atoms. The summed E-state index contributed by atoms with van der Waals surface area (Å²) in [5.41, 5.74) is 1.39. The molecule has 1 fully saturated rings. The van der Waals surface area contributed by atoms with Gasteiger partial charge in [-0.05, 0) is 53.8 Å². The van der Waals surface area contributed by atoms with Gasteiger partial charge in [-0.1, -0.05) is 0 Å². The Balaban J connectivity index is 1.43. The molecule has 4 rings (SSSR count). The first-order valence-corrected chi connectivity index (χ1v) is 11.7. The highest BCUT2D eigenvalue weighted by Gasteiger charge is 2.30. The number of aromatic nitrogens is 2. The third-order valence-corrected chi connectivity index (χ3v) is 6.59. The van der Waals surface area contributed by atoms with Crippen molar-refractivity contribution in [1.82, 2.24) is 14.5 Å². The van der Waals surface area contributed by atoms with Gasteiger partial charge < -0.3 is 14.8 Å². The number of aryl methyl sites for hydroxylation is 2. The summed E-state index contributed by atoms with van der Waals surface area (Å²) in [6.07, 6.45) is 6.23. The van der Waals surface area contributed by atoms with Crippen LogP contribution in [0.3, 0.4) is 0 Å². The number of nitrogens with one attached hydrogen (secondary N) is 1. The highest BCUT2D eigenvalue weighted by molar-refractivity contribution is 7.07. The van der Waals surface area contributed by atoms with Crippen LogP contribution in [0.15, 0.2) is 47.4 Å². The van der Waals surface area contributed by atoms with Gasteiger partial charge in [0.15, 0.2) is 0 Å². The average molecular weight is 468 g/mol. The molecule has 9 nitrogen and oxygen atoms in total. The number of anilines is 1. The molecule has 10 heteroatoms. The molecule has 0 saturated carbocycles. The standard InChI is InChI=1S/C23H25N5O4S/c1-16(29)25-19-2-3-21(28(31)32)20(14-19)23(30)27-10-5-18(6-11-27)22-24-8-12-26(22)9-4-17-7-13-33-15-17/h2-3,7-8,12-15,18H,4-6,9-11H2,1H3,(H,25,29). The van der Waals surface area contributed by atoms with Crippen LogP contribution in [0.2, 0.25) is 0 Å². The summed E-state index contributed by atoms with van der Waals surface area (Å²) < 4.78 is 2.18. The number of amides is 2. The van der Waals surface area contributed by atoms with Gasteiger partial charge in [0.05, 0.1) is 4.92 Å². The number of hydrogen-bond donors (Lipinski definition) is 1. The van der Waals surface area contributed by atoms with E-state index in [4.69, 9.17) is 0 Å². The maximum atomic E-state index is 13.1. The van der Waals surface area contributed by atoms with Gasteiger partial charge in [0.25, 0.3) is 11.6 Å². The highest BCUT2D eigenvalue weighted by atomic mass is 32.1. The molecule has 3 heterocycles. The van der Waals surface area contributed by atoms with Gasteiger partial charge in [-0.25, -0.2) is 4.98 Å². The normalized spacial score (nSPS) is 14.3. The molecule has 2 aromatic heterocycles. The molecule has 0 radical (unpaired) electrons. The van der Waals surface area contributed by atoms with E-state index in [1.54, 1.807) is 16.2 Å². The number of carbonyl (C=O) groups is 2. The van der Waals surface area contributed by atoms with Crippen LogP contribution >= 0.6 is 11.3 Å². The summed E-state index contributed by atoms with van der Waals surface area (Å²) in [5.74, 6) is 0.550. The summed E-state index contributed by atoms with van der Waals surface area (Å²) in [4.78, 5) is 41.6. The zero-order valence-electron chi connectivity index (χ0n) is 18.3. The van der Waals surface area contributed by atoms with E-state index in [2.05, 4.69) is 31.7 Å². The molecule has 1 aliphatic heterocycles. The molecular weight excluding hydrogens is 442 g/mol. The number of nitro groups is 1. The Morgan fingerprint density at radius 2 is 2.06 bits per heavy atom. The van der Waals surface area contributed by atoms with Crippen molar-refractivity contribution in [2.75, 3.05) is 18.4 Å². The second kappa shape index (κ2) is 9.95. The summed E-state index contributed by atoms with van der Waals surface area (Å²) in [6, 6.07) is 6.20. The largest absolute Gasteiger partial charge is 0.338 e. The van der Waals surface area contributed by atoms with Crippen LogP contribution in [0.25, 0.3) is 0 Å². The van der Waals surface area contributed by atoms with Gasteiger partial charge in [0, 0.05) is 56.6 Å². The van der Waals surface area contributed by atoms with Crippen molar-refractivity contribution in [3.63, 3.8) is 0 Å². The minimum Gasteiger partial charge on any atom is -0.338 e. The predicted octanol–water partition coefficient (Wildman–Crippen LogP) is 4.07. The van der Waals surface area contributed by atoms with E-state index < -0.39 is 10.8 Å². The van der Waals surface area contributed by atoms with Gasteiger partial charge in [0.2, 0.25) is 5.91 Å². The van der Waals surface area contributed by atoms with Crippen molar-refractivity contribution in [1.29, 1.82) is 0 Å². The van der Waals surface area contributed by atoms with Crippen molar-refractivity contribution in [3.05, 3.63) is 74.5 Å². The zero-order chi connectivity index (χ0) is 23.4. The fraction of sp³-hybridized carbons (Fsp3) is 0.348. The smallest absolute Gasteiger partial charge is 0.282 e. The first-order valence-electron chi connectivity index (χ1n) is 10.8. The van der Waals surface area contributed by atoms with Crippen LogP contribution in [0.5, 0.6) is 0 Å². The Hall–Kier alpha value is -3.53. The molecule has 0 atom stereocenters. The maximum absolute atomic E-state index is 13.1. The van der Waals surface area contributed by atoms with E-state index in [0.717, 1.165) is 31.6 Å². The molecule has 1 aromatic carbocycles. The summed E-state index contributed by atoms with van der Waals surface area (Å²) in [6.45, 7) is 3.18. The maximum Gasteiger partial charge on any atom is 0.282 e. The predicted molar refractivity (Wildman–Crippen MR) is 126 cm³/mol. The lowest BCUT2D eigenvalue weighted by Crippen LogP contribution is -2.38. The number of nitrogens with zero attached hydrogens (tertiary/aromatic N) is 4. The number of nitro benzene ring substituents is 1. The summed E-state index contributed by atoms with van der Waals surface area (Å²) >= 11 is 1.69. The van der Waals surface area contributed by atoms with Crippen LogP contribution in [0, 0.1) is 10.1 Å². The van der Waals surface area contributed by atoms with Gasteiger partial charge in [-0.3, -0.25) is 19.7 Å². The lowest BCUT2D eigenvalue weighted by Gasteiger charge is -2.32. The van der Waals surface area contributed by atoms with Crippen LogP contribution < -0.4 is 5.32 Å². The molecule has 1 saturated heterocycles. The van der Waals surface area contributed by atoms with E-state index in [0.29, 0.717) is 18.8 Å². The topological polar surface area (TPSA) is 110 Å². The molecule has 0 bridgehead atoms. The zero-order valence-corrected chi connectivity index (χ0v) is 19.1. The second-order valence-electron chi connectivity index (χ2n) is 8.10. The van der Waals surface area contributed by atoms with Crippen molar-refractivity contribution < 1.29 is 14.5 Å². The lowest BCUT2D eigenvalue weighted by atomic mass is 9.95. The van der Waals surface area contributed by atoms with Gasteiger partial charge >= 0.3 is 0 Å². The van der Waals surface area contributed by atoms with Gasteiger partial charge in [-0.2, -0.15) is 11.3 Å². The monoisotopic (exact) mass is 467 g/mol. The Kier molecular flexibility index (Phi) is 6.83. The van der Waals surface area contributed by atoms with Crippen LogP contribution in [0.1, 0.15) is 47.4 Å². The molecule has 0 spiro atoms. The van der Waals surface area contributed by atoms with Crippen LogP contribution in [-0.4, -0.2) is 44.3 Å². The molecule has 0 aliphatic carbocycles. The highest BCUT2D eigenvalue weighted by Crippen LogP contribution is 2.30. The van der Waals surface area contributed by atoms with Crippen molar-refractivity contribution in [2.45, 2.75) is 38.6 Å². The average Bonchev–Trinajstić information content (AvgIpc) is 3.48. The van der Waals surface area contributed by atoms with Crippen molar-refractivity contribution >= 4 is 34.5 Å². The van der Waals surface area contributed by atoms with E-state index in [9.17, 15) is 19.7 Å². The fourth-order valence-corrected chi connectivity index (χ4v) is 4.92. The van der Waals surface area contributed by atoms with Gasteiger partial charge in [-0.15, -0.1) is 0 Å². The Morgan fingerprint density at radius 1 is 1.27 bits per heavy atom. The SMILES string of the molecule is CC(=O)Nc1ccc([N+](=O)[O-])c(C(=O)N2CCC(c3nccn3CCc3ccsc3)CC2)c1. The molecule has 0 unspecified atom stereocenters. The molecule has 172 valence electrons. The first-order chi connectivity index (χ1) is 15.9. The third-order valence-electron chi connectivity index (χ3n) is 5.86. The van der Waals surface area contributed by atoms with E-state index in [1.165, 1.54) is 30.7 Å². The Morgan fingerprint density at radius 3 is 2.73 bits per heavy atom. The number of imidazole rings is 1. The van der Waals surface area contributed by atoms with E-state index >= 15 is 0 Å². The number of benzene rings is 1. The van der Waals surface area contributed by atoms with E-state index in [-0.39, 0.29) is 23.1 Å². The minimum absolute atomic E-state index is 0.0121. The summed E-state index contributed by atoms with van der Waals surface area (Å²) in [7, 11) is 0. The number of carbonyl (C=O) groups excluding carboxylic acids is 2. The molecule has 1 aliphatic rings. The number of likely N-dealkylation sites (tertiary alicyclic amines) is 1. The Bertz CT molecular complexity index is 1150. The summed E-state index contributed by atoms with van der Waals surface area (Å²) in [5, 5.41) is 18.3. The van der Waals surface area contributed by atoms with E-state index in [1.807, 2.05) is 12.4 Å². The molecular formula is C23H25N5O4S. The fourth-order valence-electron chi connectivity index (χ4n) is 4.21. The van der Waals surface area contributed by atoms with Crippen molar-refractivity contribution in [3.8, 4) is 0 Å². The Labute approximate surface area is 195 Å². The molecule has 3 aromatic rings. The number of rotatable bonds is 7. The lowest BCUT2D eigenvalue weighted by molar-refractivity contribution is -0.385. The third kappa shape index (κ3) is 5.28.